The van der Waals surface area contributed by atoms with Gasteiger partial charge in [-0.25, -0.2) is 4.79 Å². The van der Waals surface area contributed by atoms with Gasteiger partial charge in [0.15, 0.2) is 17.6 Å². The highest BCUT2D eigenvalue weighted by Crippen LogP contribution is 2.38. The molecule has 2 aromatic carbocycles. The van der Waals surface area contributed by atoms with Gasteiger partial charge in [-0.1, -0.05) is 12.1 Å². The number of hydrogen-bond donors (Lipinski definition) is 1. The van der Waals surface area contributed by atoms with Crippen LogP contribution < -0.4 is 19.5 Å². The second-order valence-corrected chi connectivity index (χ2v) is 6.02. The first-order valence-corrected chi connectivity index (χ1v) is 8.92. The third kappa shape index (κ3) is 5.52. The molecule has 156 valence electrons. The Morgan fingerprint density at radius 3 is 2.27 bits per heavy atom. The number of nitrogens with one attached hydrogen (secondary N) is 1. The minimum atomic E-state index is -1.06. The van der Waals surface area contributed by atoms with Gasteiger partial charge in [-0.15, -0.1) is 0 Å². The van der Waals surface area contributed by atoms with Gasteiger partial charge < -0.3 is 24.3 Å². The Morgan fingerprint density at radius 1 is 1.07 bits per heavy atom. The Balaban J connectivity index is 2.05. The predicted molar refractivity (Wildman–Crippen MR) is 110 cm³/mol. The Morgan fingerprint density at radius 2 is 1.70 bits per heavy atom. The summed E-state index contributed by atoms with van der Waals surface area (Å²) in [5, 5.41) is 11.7. The van der Waals surface area contributed by atoms with E-state index in [4.69, 9.17) is 24.2 Å². The molecule has 0 aliphatic carbocycles. The first-order valence-electron chi connectivity index (χ1n) is 8.92. The maximum absolute atomic E-state index is 12.3. The van der Waals surface area contributed by atoms with E-state index in [1.807, 2.05) is 6.07 Å². The topological polar surface area (TPSA) is 107 Å². The predicted octanol–water partition coefficient (Wildman–Crippen LogP) is 3.17. The van der Waals surface area contributed by atoms with E-state index in [9.17, 15) is 9.59 Å². The summed E-state index contributed by atoms with van der Waals surface area (Å²) in [6.45, 7) is 1.44. The molecule has 2 rings (SSSR count). The molecule has 0 bridgehead atoms. The van der Waals surface area contributed by atoms with Gasteiger partial charge in [0, 0.05) is 6.08 Å². The molecule has 8 nitrogen and oxygen atoms in total. The highest BCUT2D eigenvalue weighted by molar-refractivity contribution is 5.97. The van der Waals surface area contributed by atoms with Crippen molar-refractivity contribution in [1.29, 1.82) is 5.26 Å². The number of esters is 1. The summed E-state index contributed by atoms with van der Waals surface area (Å²) in [5.41, 5.74) is 1.27. The zero-order chi connectivity index (χ0) is 22.1. The number of ether oxygens (including phenoxy) is 4. The van der Waals surface area contributed by atoms with Crippen LogP contribution in [0.4, 0.5) is 5.69 Å². The number of para-hydroxylation sites is 1. The van der Waals surface area contributed by atoms with Gasteiger partial charge in [0.2, 0.25) is 5.75 Å². The van der Waals surface area contributed by atoms with E-state index < -0.39 is 18.0 Å². The molecule has 0 radical (unpaired) electrons. The fraction of sp³-hybridized carbons (Fsp3) is 0.227. The largest absolute Gasteiger partial charge is 0.493 e. The number of nitrogens with zero attached hydrogens (tertiary/aromatic N) is 1. The summed E-state index contributed by atoms with van der Waals surface area (Å²) in [6, 6.07) is 11.9. The van der Waals surface area contributed by atoms with Crippen LogP contribution >= 0.6 is 0 Å². The van der Waals surface area contributed by atoms with Gasteiger partial charge in [0.25, 0.3) is 5.91 Å². The second-order valence-electron chi connectivity index (χ2n) is 6.02. The molecular formula is C22H22N2O6. The van der Waals surface area contributed by atoms with Crippen LogP contribution in [0.15, 0.2) is 42.5 Å². The summed E-state index contributed by atoms with van der Waals surface area (Å²) in [5.74, 6) is 0.0532. The highest BCUT2D eigenvalue weighted by Gasteiger charge is 2.18. The second kappa shape index (κ2) is 10.5. The highest BCUT2D eigenvalue weighted by atomic mass is 16.5. The van der Waals surface area contributed by atoms with E-state index in [1.165, 1.54) is 40.4 Å². The van der Waals surface area contributed by atoms with Gasteiger partial charge in [0.05, 0.1) is 32.6 Å². The summed E-state index contributed by atoms with van der Waals surface area (Å²) < 4.78 is 20.9. The fourth-order valence-corrected chi connectivity index (χ4v) is 2.55. The van der Waals surface area contributed by atoms with Gasteiger partial charge >= 0.3 is 5.97 Å². The first kappa shape index (κ1) is 22.3. The molecule has 0 aromatic heterocycles. The van der Waals surface area contributed by atoms with Gasteiger partial charge in [-0.2, -0.15) is 5.26 Å². The Labute approximate surface area is 174 Å². The number of carbonyl (C=O) groups is 2. The molecule has 30 heavy (non-hydrogen) atoms. The molecule has 0 saturated carbocycles. The summed E-state index contributed by atoms with van der Waals surface area (Å²) >= 11 is 0. The Bertz CT molecular complexity index is 968. The summed E-state index contributed by atoms with van der Waals surface area (Å²) in [7, 11) is 4.47. The van der Waals surface area contributed by atoms with Crippen LogP contribution in [0.25, 0.3) is 6.08 Å². The number of methoxy groups -OCH3 is 3. The molecule has 0 aliphatic rings. The maximum atomic E-state index is 12.3. The molecule has 2 aromatic rings. The molecule has 0 unspecified atom stereocenters. The summed E-state index contributed by atoms with van der Waals surface area (Å²) in [6.07, 6.45) is 1.63. The molecule has 1 N–H and O–H groups in total. The number of amides is 1. The smallest absolute Gasteiger partial charge is 0.331 e. The lowest BCUT2D eigenvalue weighted by Gasteiger charge is -2.13. The molecule has 0 aliphatic heterocycles. The molecule has 0 fully saturated rings. The number of hydrogen-bond acceptors (Lipinski definition) is 7. The molecule has 0 heterocycles. The van der Waals surface area contributed by atoms with Gasteiger partial charge in [0.1, 0.15) is 6.07 Å². The van der Waals surface area contributed by atoms with E-state index >= 15 is 0 Å². The van der Waals surface area contributed by atoms with Crippen LogP contribution in [0.2, 0.25) is 0 Å². The van der Waals surface area contributed by atoms with E-state index in [1.54, 1.807) is 36.4 Å². The minimum absolute atomic E-state index is 0.312. The fourth-order valence-electron chi connectivity index (χ4n) is 2.55. The number of benzene rings is 2. The number of nitriles is 1. The van der Waals surface area contributed by atoms with Crippen molar-refractivity contribution in [2.24, 2.45) is 0 Å². The van der Waals surface area contributed by atoms with Crippen LogP contribution in [0.1, 0.15) is 18.1 Å². The molecule has 0 saturated heterocycles. The molecule has 0 spiro atoms. The number of anilines is 1. The zero-order valence-electron chi connectivity index (χ0n) is 17.1. The first-order chi connectivity index (χ1) is 14.4. The Hall–Kier alpha value is -3.99. The average Bonchev–Trinajstić information content (AvgIpc) is 2.76. The third-order valence-electron chi connectivity index (χ3n) is 4.07. The van der Waals surface area contributed by atoms with Crippen molar-refractivity contribution in [3.63, 3.8) is 0 Å². The lowest BCUT2D eigenvalue weighted by atomic mass is 10.1. The van der Waals surface area contributed by atoms with Crippen LogP contribution in [0, 0.1) is 11.3 Å². The molecule has 1 amide bonds. The van der Waals surface area contributed by atoms with Crippen LogP contribution in [0.5, 0.6) is 17.2 Å². The monoisotopic (exact) mass is 410 g/mol. The van der Waals surface area contributed by atoms with Crippen molar-refractivity contribution in [2.45, 2.75) is 13.0 Å². The number of rotatable bonds is 8. The quantitative estimate of drug-likeness (QED) is 0.526. The Kier molecular flexibility index (Phi) is 7.82. The van der Waals surface area contributed by atoms with Crippen LogP contribution in [-0.4, -0.2) is 39.3 Å². The normalized spacial score (nSPS) is 11.3. The average molecular weight is 410 g/mol. The van der Waals surface area contributed by atoms with Gasteiger partial charge in [-0.3, -0.25) is 4.79 Å². The lowest BCUT2D eigenvalue weighted by Crippen LogP contribution is -2.29. The van der Waals surface area contributed by atoms with E-state index in [2.05, 4.69) is 5.32 Å². The standard InChI is InChI=1S/C22H22N2O6/c1-14(22(26)24-17-8-6-5-7-16(17)13-23)30-20(25)10-9-15-11-18(27-2)21(29-4)19(12-15)28-3/h5-12,14H,1-4H3,(H,24,26)/b10-9+/t14-/m0/s1. The molecule has 8 heteroatoms. The molecular weight excluding hydrogens is 388 g/mol. The van der Waals surface area contributed by atoms with Crippen molar-refractivity contribution >= 4 is 23.6 Å². The van der Waals surface area contributed by atoms with Crippen LogP contribution in [0.3, 0.4) is 0 Å². The third-order valence-corrected chi connectivity index (χ3v) is 4.07. The number of carbonyl (C=O) groups excluding carboxylic acids is 2. The van der Waals surface area contributed by atoms with Crippen molar-refractivity contribution in [2.75, 3.05) is 26.6 Å². The van der Waals surface area contributed by atoms with Crippen LogP contribution in [-0.2, 0) is 14.3 Å². The minimum Gasteiger partial charge on any atom is -0.493 e. The summed E-state index contributed by atoms with van der Waals surface area (Å²) in [4.78, 5) is 24.4. The van der Waals surface area contributed by atoms with Crippen molar-refractivity contribution in [1.82, 2.24) is 0 Å². The van der Waals surface area contributed by atoms with E-state index in [-0.39, 0.29) is 0 Å². The maximum Gasteiger partial charge on any atom is 0.331 e. The van der Waals surface area contributed by atoms with Crippen molar-refractivity contribution in [3.8, 4) is 23.3 Å². The lowest BCUT2D eigenvalue weighted by molar-refractivity contribution is -0.148. The van der Waals surface area contributed by atoms with E-state index in [0.29, 0.717) is 34.1 Å². The van der Waals surface area contributed by atoms with Gasteiger partial charge in [-0.05, 0) is 42.8 Å². The van der Waals surface area contributed by atoms with E-state index in [0.717, 1.165) is 0 Å². The zero-order valence-corrected chi connectivity index (χ0v) is 17.1. The van der Waals surface area contributed by atoms with Crippen molar-refractivity contribution in [3.05, 3.63) is 53.6 Å². The van der Waals surface area contributed by atoms with Crippen molar-refractivity contribution < 1.29 is 28.5 Å². The molecule has 1 atom stereocenters. The SMILES string of the molecule is COc1cc(/C=C/C(=O)O[C@@H](C)C(=O)Nc2ccccc2C#N)cc(OC)c1OC.